The zero-order valence-electron chi connectivity index (χ0n) is 6.94. The van der Waals surface area contributed by atoms with Gasteiger partial charge in [-0.15, -0.1) is 0 Å². The van der Waals surface area contributed by atoms with Crippen molar-refractivity contribution >= 4 is 28.1 Å². The lowest BCUT2D eigenvalue weighted by molar-refractivity contribution is -0.118. The number of nitrogens with one attached hydrogen (secondary N) is 1. The highest BCUT2D eigenvalue weighted by molar-refractivity contribution is 9.09. The Morgan fingerprint density at radius 1 is 1.33 bits per heavy atom. The highest BCUT2D eigenvalue weighted by atomic mass is 79.9. The van der Waals surface area contributed by atoms with Crippen LogP contribution in [-0.2, 0) is 9.59 Å². The molecule has 0 aliphatic rings. The number of carbonyl (C=O) groups is 1. The largest absolute Gasteiger partial charge is 0.355 e. The van der Waals surface area contributed by atoms with Crippen LogP contribution < -0.4 is 5.32 Å². The van der Waals surface area contributed by atoms with Gasteiger partial charge in [-0.05, 0) is 12.8 Å². The van der Waals surface area contributed by atoms with Gasteiger partial charge in [-0.1, -0.05) is 22.4 Å². The minimum absolute atomic E-state index is 0.0111. The van der Waals surface area contributed by atoms with Crippen molar-refractivity contribution in [3.05, 3.63) is 0 Å². The molecule has 0 aromatic carbocycles. The first-order valence-corrected chi connectivity index (χ1v) is 5.11. The number of unbranched alkanes of at least 4 members (excludes halogenated alkanes) is 3. The van der Waals surface area contributed by atoms with E-state index in [0.717, 1.165) is 19.3 Å². The molecule has 0 spiro atoms. The maximum Gasteiger partial charge on any atom is 0.230 e. The van der Waals surface area contributed by atoms with Gasteiger partial charge in [0.1, 0.15) is 0 Å². The number of halogens is 1. The molecule has 0 aliphatic heterocycles. The van der Waals surface area contributed by atoms with E-state index in [4.69, 9.17) is 0 Å². The van der Waals surface area contributed by atoms with Crippen LogP contribution in [0.15, 0.2) is 0 Å². The maximum absolute atomic E-state index is 10.7. The van der Waals surface area contributed by atoms with Gasteiger partial charge in [-0.3, -0.25) is 9.59 Å². The van der Waals surface area contributed by atoms with Gasteiger partial charge in [0.05, 0.1) is 5.33 Å². The summed E-state index contributed by atoms with van der Waals surface area (Å²) in [5, 5.41) is 3.08. The van der Waals surface area contributed by atoms with Crippen molar-refractivity contribution in [1.82, 2.24) is 5.32 Å². The Balaban J connectivity index is 3.00. The lowest BCUT2D eigenvalue weighted by Crippen LogP contribution is -2.25. The highest BCUT2D eigenvalue weighted by Gasteiger charge is 1.95. The zero-order valence-corrected chi connectivity index (χ0v) is 8.52. The first kappa shape index (κ1) is 11.6. The fraction of sp³-hybridized carbons (Fsp3) is 0.750. The second-order valence-corrected chi connectivity index (χ2v) is 3.00. The van der Waals surface area contributed by atoms with Gasteiger partial charge in [0.15, 0.2) is 6.29 Å². The van der Waals surface area contributed by atoms with Gasteiger partial charge in [-0.2, -0.15) is 0 Å². The highest BCUT2D eigenvalue weighted by Crippen LogP contribution is 1.96. The Bertz CT molecular complexity index is 139. The van der Waals surface area contributed by atoms with Gasteiger partial charge in [-0.25, -0.2) is 0 Å². The third kappa shape index (κ3) is 7.72. The van der Waals surface area contributed by atoms with E-state index in [-0.39, 0.29) is 5.91 Å². The molecule has 4 heteroatoms. The van der Waals surface area contributed by atoms with Crippen molar-refractivity contribution in [2.24, 2.45) is 0 Å². The van der Waals surface area contributed by atoms with Gasteiger partial charge in [0.2, 0.25) is 5.91 Å². The molecule has 1 N–H and O–H groups in total. The summed E-state index contributed by atoms with van der Waals surface area (Å²) in [6, 6.07) is 0. The molecular weight excluding hydrogens is 222 g/mol. The predicted octanol–water partition coefficient (Wildman–Crippen LogP) is 1.17. The average Bonchev–Trinajstić information content (AvgIpc) is 2.10. The summed E-state index contributed by atoms with van der Waals surface area (Å²) >= 11 is 3.05. The van der Waals surface area contributed by atoms with Crippen molar-refractivity contribution < 1.29 is 9.59 Å². The normalized spacial score (nSPS) is 9.42. The SMILES string of the molecule is O=[C]CCCCCNC(=O)CBr. The number of hydrogen-bond acceptors (Lipinski definition) is 2. The molecule has 0 atom stereocenters. The fourth-order valence-electron chi connectivity index (χ4n) is 0.774. The minimum atomic E-state index is 0.0111. The molecule has 0 rings (SSSR count). The quantitative estimate of drug-likeness (QED) is 0.531. The summed E-state index contributed by atoms with van der Waals surface area (Å²) in [6.07, 6.45) is 5.11. The van der Waals surface area contributed by atoms with Crippen molar-refractivity contribution in [2.75, 3.05) is 11.9 Å². The second-order valence-electron chi connectivity index (χ2n) is 2.44. The average molecular weight is 235 g/mol. The number of carbonyl (C=O) groups excluding carboxylic acids is 2. The fourth-order valence-corrected chi connectivity index (χ4v) is 0.972. The first-order chi connectivity index (χ1) is 5.81. The Morgan fingerprint density at radius 3 is 2.67 bits per heavy atom. The Morgan fingerprint density at radius 2 is 2.08 bits per heavy atom. The molecule has 0 aromatic rings. The predicted molar refractivity (Wildman–Crippen MR) is 51.0 cm³/mol. The summed E-state index contributed by atoms with van der Waals surface area (Å²) in [7, 11) is 0. The van der Waals surface area contributed by atoms with E-state index < -0.39 is 0 Å². The number of amides is 1. The molecule has 3 nitrogen and oxygen atoms in total. The Labute approximate surface area is 81.0 Å². The van der Waals surface area contributed by atoms with Crippen LogP contribution in [0.2, 0.25) is 0 Å². The van der Waals surface area contributed by atoms with Gasteiger partial charge >= 0.3 is 0 Å². The molecule has 0 saturated carbocycles. The monoisotopic (exact) mass is 234 g/mol. The molecule has 69 valence electrons. The van der Waals surface area contributed by atoms with Crippen LogP contribution in [-0.4, -0.2) is 24.1 Å². The van der Waals surface area contributed by atoms with E-state index in [9.17, 15) is 9.59 Å². The van der Waals surface area contributed by atoms with Crippen LogP contribution in [0.3, 0.4) is 0 Å². The van der Waals surface area contributed by atoms with E-state index in [0.29, 0.717) is 18.3 Å². The van der Waals surface area contributed by atoms with Crippen LogP contribution in [0.1, 0.15) is 25.7 Å². The van der Waals surface area contributed by atoms with Crippen molar-refractivity contribution in [1.29, 1.82) is 0 Å². The van der Waals surface area contributed by atoms with Gasteiger partial charge < -0.3 is 5.32 Å². The standard InChI is InChI=1S/C8H13BrNO2/c9-7-8(12)10-5-3-1-2-4-6-11/h1-5,7H2,(H,10,12). The molecule has 0 bridgehead atoms. The molecule has 0 saturated heterocycles. The summed E-state index contributed by atoms with van der Waals surface area (Å²) in [4.78, 5) is 20.5. The van der Waals surface area contributed by atoms with Crippen molar-refractivity contribution in [3.8, 4) is 0 Å². The summed E-state index contributed by atoms with van der Waals surface area (Å²) in [5.74, 6) is 0.0111. The molecule has 0 fully saturated rings. The second kappa shape index (κ2) is 8.71. The summed E-state index contributed by atoms with van der Waals surface area (Å²) < 4.78 is 0. The van der Waals surface area contributed by atoms with Crippen LogP contribution in [0.5, 0.6) is 0 Å². The van der Waals surface area contributed by atoms with E-state index in [1.165, 1.54) is 0 Å². The lowest BCUT2D eigenvalue weighted by atomic mass is 10.2. The molecular formula is C8H13BrNO2. The topological polar surface area (TPSA) is 46.2 Å². The third-order valence-corrected chi connectivity index (χ3v) is 1.91. The lowest BCUT2D eigenvalue weighted by Gasteiger charge is -2.00. The van der Waals surface area contributed by atoms with Gasteiger partial charge in [0.25, 0.3) is 0 Å². The van der Waals surface area contributed by atoms with Gasteiger partial charge in [0, 0.05) is 13.0 Å². The van der Waals surface area contributed by atoms with Crippen molar-refractivity contribution in [3.63, 3.8) is 0 Å². The van der Waals surface area contributed by atoms with E-state index in [1.807, 2.05) is 6.29 Å². The van der Waals surface area contributed by atoms with E-state index >= 15 is 0 Å². The Hall–Kier alpha value is -0.380. The van der Waals surface area contributed by atoms with Crippen LogP contribution in [0.25, 0.3) is 0 Å². The third-order valence-electron chi connectivity index (χ3n) is 1.40. The first-order valence-electron chi connectivity index (χ1n) is 3.99. The van der Waals surface area contributed by atoms with Crippen molar-refractivity contribution in [2.45, 2.75) is 25.7 Å². The number of alkyl halides is 1. The Kier molecular flexibility index (Phi) is 8.44. The van der Waals surface area contributed by atoms with Crippen LogP contribution >= 0.6 is 15.9 Å². The molecule has 1 radical (unpaired) electrons. The minimum Gasteiger partial charge on any atom is -0.355 e. The summed E-state index contributed by atoms with van der Waals surface area (Å²) in [6.45, 7) is 0.698. The molecule has 1 amide bonds. The zero-order chi connectivity index (χ0) is 9.23. The maximum atomic E-state index is 10.7. The number of hydrogen-bond donors (Lipinski definition) is 1. The van der Waals surface area contributed by atoms with E-state index in [1.54, 1.807) is 0 Å². The molecule has 0 unspecified atom stereocenters. The molecule has 12 heavy (non-hydrogen) atoms. The smallest absolute Gasteiger partial charge is 0.230 e. The van der Waals surface area contributed by atoms with Crippen LogP contribution in [0.4, 0.5) is 0 Å². The molecule has 0 heterocycles. The summed E-state index contributed by atoms with van der Waals surface area (Å²) in [5.41, 5.74) is 0. The van der Waals surface area contributed by atoms with Crippen LogP contribution in [0, 0.1) is 0 Å². The molecule has 0 aliphatic carbocycles. The molecule has 0 aromatic heterocycles. The van der Waals surface area contributed by atoms with E-state index in [2.05, 4.69) is 21.2 Å². The number of rotatable bonds is 7.